The third-order valence-electron chi connectivity index (χ3n) is 4.83. The van der Waals surface area contributed by atoms with Crippen LogP contribution >= 0.6 is 0 Å². The van der Waals surface area contributed by atoms with Gasteiger partial charge in [-0.25, -0.2) is 9.97 Å². The normalized spacial score (nSPS) is 23.1. The van der Waals surface area contributed by atoms with Crippen LogP contribution < -0.4 is 5.32 Å². The fraction of sp³-hybridized carbons (Fsp3) is 0.588. The van der Waals surface area contributed by atoms with Crippen LogP contribution in [0.15, 0.2) is 29.0 Å². The second kappa shape index (κ2) is 6.49. The SMILES string of the molecule is Cc1cc(CN2CC3(CC[C@H](CNc4ncccn4)CO3)C2)no1. The second-order valence-electron chi connectivity index (χ2n) is 6.93. The molecule has 0 aromatic carbocycles. The predicted molar refractivity (Wildman–Crippen MR) is 88.4 cm³/mol. The topological polar surface area (TPSA) is 76.3 Å². The number of rotatable bonds is 5. The molecule has 2 aliphatic rings. The Kier molecular flexibility index (Phi) is 4.20. The highest BCUT2D eigenvalue weighted by atomic mass is 16.5. The van der Waals surface area contributed by atoms with Crippen LogP contribution in [0.5, 0.6) is 0 Å². The van der Waals surface area contributed by atoms with E-state index in [1.54, 1.807) is 12.4 Å². The summed E-state index contributed by atoms with van der Waals surface area (Å²) in [5, 5.41) is 7.35. The van der Waals surface area contributed by atoms with Gasteiger partial charge in [0.1, 0.15) is 5.76 Å². The first-order valence-corrected chi connectivity index (χ1v) is 8.50. The largest absolute Gasteiger partial charge is 0.372 e. The number of likely N-dealkylation sites (tertiary alicyclic amines) is 1. The zero-order valence-electron chi connectivity index (χ0n) is 13.9. The van der Waals surface area contributed by atoms with Crippen molar-refractivity contribution in [2.75, 3.05) is 31.6 Å². The lowest BCUT2D eigenvalue weighted by molar-refractivity contribution is -0.180. The Morgan fingerprint density at radius 3 is 2.83 bits per heavy atom. The maximum atomic E-state index is 6.21. The van der Waals surface area contributed by atoms with Crippen molar-refractivity contribution in [3.05, 3.63) is 36.0 Å². The van der Waals surface area contributed by atoms with Crippen LogP contribution in [0.2, 0.25) is 0 Å². The summed E-state index contributed by atoms with van der Waals surface area (Å²) in [5.74, 6) is 2.08. The van der Waals surface area contributed by atoms with Crippen LogP contribution in [0.3, 0.4) is 0 Å². The third kappa shape index (κ3) is 3.42. The number of ether oxygens (including phenoxy) is 1. The average molecular weight is 329 g/mol. The van der Waals surface area contributed by atoms with Crippen molar-refractivity contribution in [1.29, 1.82) is 0 Å². The van der Waals surface area contributed by atoms with Gasteiger partial charge in [-0.3, -0.25) is 4.90 Å². The lowest BCUT2D eigenvalue weighted by Gasteiger charge is -2.52. The molecule has 7 heteroatoms. The van der Waals surface area contributed by atoms with E-state index in [4.69, 9.17) is 9.26 Å². The number of aryl methyl sites for hydroxylation is 1. The first-order chi connectivity index (χ1) is 11.7. The van der Waals surface area contributed by atoms with Crippen molar-refractivity contribution in [2.24, 2.45) is 5.92 Å². The Bertz CT molecular complexity index is 659. The maximum absolute atomic E-state index is 6.21. The lowest BCUT2D eigenvalue weighted by Crippen LogP contribution is -2.64. The Hall–Kier alpha value is -1.99. The number of aromatic nitrogens is 3. The standard InChI is InChI=1S/C17H23N5O2/c1-13-7-15(21-24-13)9-22-11-17(12-22)4-3-14(10-23-17)8-20-16-18-5-2-6-19-16/h2,5-7,14H,3-4,8-12H2,1H3,(H,18,19,20)/t14-/m1/s1. The molecule has 0 saturated carbocycles. The molecule has 1 N–H and O–H groups in total. The lowest BCUT2D eigenvalue weighted by atomic mass is 9.83. The van der Waals surface area contributed by atoms with Crippen molar-refractivity contribution in [3.63, 3.8) is 0 Å². The quantitative estimate of drug-likeness (QED) is 0.897. The molecule has 2 aliphatic heterocycles. The minimum atomic E-state index is 0.0541. The molecular weight excluding hydrogens is 306 g/mol. The highest BCUT2D eigenvalue weighted by Crippen LogP contribution is 2.36. The van der Waals surface area contributed by atoms with E-state index in [1.807, 2.05) is 19.1 Å². The minimum absolute atomic E-state index is 0.0541. The summed E-state index contributed by atoms with van der Waals surface area (Å²) in [4.78, 5) is 10.7. The summed E-state index contributed by atoms with van der Waals surface area (Å²) in [5.41, 5.74) is 1.06. The number of nitrogens with one attached hydrogen (secondary N) is 1. The van der Waals surface area contributed by atoms with Gasteiger partial charge in [-0.15, -0.1) is 0 Å². The smallest absolute Gasteiger partial charge is 0.222 e. The number of hydrogen-bond donors (Lipinski definition) is 1. The Morgan fingerprint density at radius 1 is 1.33 bits per heavy atom. The molecule has 7 nitrogen and oxygen atoms in total. The summed E-state index contributed by atoms with van der Waals surface area (Å²) in [6.07, 6.45) is 5.79. The monoisotopic (exact) mass is 329 g/mol. The average Bonchev–Trinajstić information content (AvgIpc) is 2.99. The molecule has 1 atom stereocenters. The van der Waals surface area contributed by atoms with E-state index in [0.29, 0.717) is 11.9 Å². The maximum Gasteiger partial charge on any atom is 0.222 e. The van der Waals surface area contributed by atoms with Crippen LogP contribution in [0, 0.1) is 12.8 Å². The van der Waals surface area contributed by atoms with E-state index >= 15 is 0 Å². The molecule has 0 bridgehead atoms. The summed E-state index contributed by atoms with van der Waals surface area (Å²) in [6.45, 7) is 6.41. The Labute approximate surface area is 141 Å². The van der Waals surface area contributed by atoms with Crippen molar-refractivity contribution in [1.82, 2.24) is 20.0 Å². The van der Waals surface area contributed by atoms with Gasteiger partial charge < -0.3 is 14.6 Å². The van der Waals surface area contributed by atoms with Gasteiger partial charge in [-0.1, -0.05) is 5.16 Å². The van der Waals surface area contributed by atoms with E-state index in [0.717, 1.165) is 50.7 Å². The van der Waals surface area contributed by atoms with E-state index in [1.165, 1.54) is 6.42 Å². The predicted octanol–water partition coefficient (Wildman–Crippen LogP) is 1.87. The molecule has 0 aliphatic carbocycles. The first-order valence-electron chi connectivity index (χ1n) is 8.50. The van der Waals surface area contributed by atoms with Crippen molar-refractivity contribution >= 4 is 5.95 Å². The van der Waals surface area contributed by atoms with Crippen molar-refractivity contribution in [3.8, 4) is 0 Å². The van der Waals surface area contributed by atoms with Gasteiger partial charge in [0.2, 0.25) is 5.95 Å². The van der Waals surface area contributed by atoms with Gasteiger partial charge in [0.25, 0.3) is 0 Å². The minimum Gasteiger partial charge on any atom is -0.372 e. The van der Waals surface area contributed by atoms with E-state index in [2.05, 4.69) is 25.3 Å². The molecule has 2 fully saturated rings. The molecule has 2 aromatic rings. The summed E-state index contributed by atoms with van der Waals surface area (Å²) in [7, 11) is 0. The van der Waals surface area contributed by atoms with E-state index < -0.39 is 0 Å². The highest BCUT2D eigenvalue weighted by molar-refractivity contribution is 5.22. The van der Waals surface area contributed by atoms with Crippen LogP contribution in [0.4, 0.5) is 5.95 Å². The van der Waals surface area contributed by atoms with Gasteiger partial charge in [0.05, 0.1) is 17.9 Å². The Morgan fingerprint density at radius 2 is 2.17 bits per heavy atom. The van der Waals surface area contributed by atoms with Crippen molar-refractivity contribution in [2.45, 2.75) is 31.9 Å². The zero-order valence-corrected chi connectivity index (χ0v) is 13.9. The zero-order chi connectivity index (χ0) is 16.4. The number of anilines is 1. The molecule has 24 heavy (non-hydrogen) atoms. The third-order valence-corrected chi connectivity index (χ3v) is 4.83. The molecule has 0 radical (unpaired) electrons. The van der Waals surface area contributed by atoms with Crippen LogP contribution in [0.25, 0.3) is 0 Å². The molecule has 2 saturated heterocycles. The van der Waals surface area contributed by atoms with Crippen LogP contribution in [0.1, 0.15) is 24.3 Å². The van der Waals surface area contributed by atoms with Crippen LogP contribution in [-0.2, 0) is 11.3 Å². The van der Waals surface area contributed by atoms with Gasteiger partial charge in [0.15, 0.2) is 0 Å². The molecule has 0 amide bonds. The van der Waals surface area contributed by atoms with E-state index in [9.17, 15) is 0 Å². The van der Waals surface area contributed by atoms with Gasteiger partial charge in [-0.05, 0) is 31.7 Å². The molecule has 4 rings (SSSR count). The second-order valence-corrected chi connectivity index (χ2v) is 6.93. The number of nitrogens with zero attached hydrogens (tertiary/aromatic N) is 4. The van der Waals surface area contributed by atoms with Gasteiger partial charge in [-0.2, -0.15) is 0 Å². The summed E-state index contributed by atoms with van der Waals surface area (Å²) < 4.78 is 11.3. The van der Waals surface area contributed by atoms with Gasteiger partial charge >= 0.3 is 0 Å². The molecule has 128 valence electrons. The number of hydrogen-bond acceptors (Lipinski definition) is 7. The fourth-order valence-electron chi connectivity index (χ4n) is 3.56. The molecule has 1 spiro atoms. The first kappa shape index (κ1) is 15.5. The van der Waals surface area contributed by atoms with Crippen molar-refractivity contribution < 1.29 is 9.26 Å². The molecule has 4 heterocycles. The van der Waals surface area contributed by atoms with E-state index in [-0.39, 0.29) is 5.60 Å². The van der Waals surface area contributed by atoms with Crippen LogP contribution in [-0.4, -0.2) is 51.9 Å². The Balaban J connectivity index is 1.20. The molecule has 0 unspecified atom stereocenters. The summed E-state index contributed by atoms with van der Waals surface area (Å²) in [6, 6.07) is 3.82. The molecule has 2 aromatic heterocycles. The van der Waals surface area contributed by atoms with Gasteiger partial charge in [0, 0.05) is 44.6 Å². The summed E-state index contributed by atoms with van der Waals surface area (Å²) >= 11 is 0. The fourth-order valence-corrected chi connectivity index (χ4v) is 3.56. The highest BCUT2D eigenvalue weighted by Gasteiger charge is 2.46. The molecular formula is C17H23N5O2.